The van der Waals surface area contributed by atoms with E-state index < -0.39 is 18.0 Å². The predicted molar refractivity (Wildman–Crippen MR) is 93.5 cm³/mol. The Labute approximate surface area is 149 Å². The molecule has 130 valence electrons. The van der Waals surface area contributed by atoms with Gasteiger partial charge < -0.3 is 15.4 Å². The average molecular weight is 362 g/mol. The van der Waals surface area contributed by atoms with Crippen molar-refractivity contribution in [3.8, 4) is 0 Å². The van der Waals surface area contributed by atoms with Gasteiger partial charge in [-0.3, -0.25) is 9.59 Å². The number of rotatable bonds is 5. The number of esters is 1. The summed E-state index contributed by atoms with van der Waals surface area (Å²) in [6, 6.07) is 9.33. The molecule has 0 saturated heterocycles. The van der Waals surface area contributed by atoms with Gasteiger partial charge in [0.05, 0.1) is 11.3 Å². The number of halogens is 1. The molecule has 0 aliphatic heterocycles. The molecule has 0 spiro atoms. The lowest BCUT2D eigenvalue weighted by atomic mass is 10.2. The minimum Gasteiger partial charge on any atom is -0.449 e. The van der Waals surface area contributed by atoms with Crippen molar-refractivity contribution in [3.63, 3.8) is 0 Å². The molecule has 1 heterocycles. The van der Waals surface area contributed by atoms with E-state index >= 15 is 0 Å². The van der Waals surface area contributed by atoms with Crippen LogP contribution in [0.5, 0.6) is 0 Å². The van der Waals surface area contributed by atoms with Crippen molar-refractivity contribution in [3.05, 3.63) is 53.3 Å². The number of amides is 2. The van der Waals surface area contributed by atoms with Crippen LogP contribution in [0.1, 0.15) is 24.2 Å². The van der Waals surface area contributed by atoms with Crippen LogP contribution in [0.3, 0.4) is 0 Å². The molecule has 0 radical (unpaired) electrons. The van der Waals surface area contributed by atoms with E-state index in [0.29, 0.717) is 11.4 Å². The molecule has 1 unspecified atom stereocenters. The van der Waals surface area contributed by atoms with Gasteiger partial charge in [-0.1, -0.05) is 11.6 Å². The number of nitrogens with zero attached hydrogens (tertiary/aromatic N) is 1. The maximum atomic E-state index is 12.1. The van der Waals surface area contributed by atoms with Crippen LogP contribution < -0.4 is 10.6 Å². The van der Waals surface area contributed by atoms with E-state index in [1.54, 1.807) is 24.3 Å². The topological polar surface area (TPSA) is 97.4 Å². The number of carbonyl (C=O) groups is 3. The summed E-state index contributed by atoms with van der Waals surface area (Å²) in [5, 5.41) is 5.27. The van der Waals surface area contributed by atoms with Crippen LogP contribution in [0.4, 0.5) is 11.4 Å². The third-order valence-electron chi connectivity index (χ3n) is 3.11. The SMILES string of the molecule is CC(=O)Nc1ccc(C(=O)OC(C)C(=O)Nc2cccnc2Cl)cc1. The van der Waals surface area contributed by atoms with Crippen LogP contribution in [0.2, 0.25) is 5.15 Å². The highest BCUT2D eigenvalue weighted by Gasteiger charge is 2.20. The number of benzene rings is 1. The van der Waals surface area contributed by atoms with E-state index in [4.69, 9.17) is 16.3 Å². The van der Waals surface area contributed by atoms with E-state index in [1.165, 1.54) is 32.2 Å². The lowest BCUT2D eigenvalue weighted by Crippen LogP contribution is -2.30. The number of hydrogen-bond donors (Lipinski definition) is 2. The molecular formula is C17H16ClN3O4. The summed E-state index contributed by atoms with van der Waals surface area (Å²) in [5.41, 5.74) is 1.14. The zero-order chi connectivity index (χ0) is 18.4. The lowest BCUT2D eigenvalue weighted by molar-refractivity contribution is -0.123. The monoisotopic (exact) mass is 361 g/mol. The van der Waals surface area contributed by atoms with Gasteiger partial charge >= 0.3 is 5.97 Å². The Morgan fingerprint density at radius 3 is 2.40 bits per heavy atom. The second kappa shape index (κ2) is 8.25. The average Bonchev–Trinajstić information content (AvgIpc) is 2.56. The Morgan fingerprint density at radius 2 is 1.80 bits per heavy atom. The molecule has 2 amide bonds. The summed E-state index contributed by atoms with van der Waals surface area (Å²) in [7, 11) is 0. The van der Waals surface area contributed by atoms with Crippen molar-refractivity contribution < 1.29 is 19.1 Å². The molecule has 25 heavy (non-hydrogen) atoms. The molecule has 1 aromatic carbocycles. The van der Waals surface area contributed by atoms with E-state index in [1.807, 2.05) is 0 Å². The number of nitrogens with one attached hydrogen (secondary N) is 2. The fraction of sp³-hybridized carbons (Fsp3) is 0.176. The first-order valence-electron chi connectivity index (χ1n) is 7.37. The van der Waals surface area contributed by atoms with Crippen LogP contribution in [-0.4, -0.2) is 28.9 Å². The molecule has 8 heteroatoms. The number of carbonyl (C=O) groups excluding carboxylic acids is 3. The first-order valence-corrected chi connectivity index (χ1v) is 7.74. The Hall–Kier alpha value is -2.93. The highest BCUT2D eigenvalue weighted by atomic mass is 35.5. The fourth-order valence-electron chi connectivity index (χ4n) is 1.89. The number of anilines is 2. The molecule has 2 N–H and O–H groups in total. The minimum absolute atomic E-state index is 0.142. The quantitative estimate of drug-likeness (QED) is 0.630. The molecule has 0 aliphatic rings. The van der Waals surface area contributed by atoms with Crippen LogP contribution in [0, 0.1) is 0 Å². The predicted octanol–water partition coefficient (Wildman–Crippen LogP) is 2.88. The van der Waals surface area contributed by atoms with Crippen LogP contribution in [-0.2, 0) is 14.3 Å². The minimum atomic E-state index is -1.03. The van der Waals surface area contributed by atoms with E-state index in [2.05, 4.69) is 15.6 Å². The largest absolute Gasteiger partial charge is 0.449 e. The molecule has 2 rings (SSSR count). The van der Waals surface area contributed by atoms with Crippen molar-refractivity contribution in [2.45, 2.75) is 20.0 Å². The zero-order valence-electron chi connectivity index (χ0n) is 13.6. The maximum absolute atomic E-state index is 12.1. The van der Waals surface area contributed by atoms with E-state index in [-0.39, 0.29) is 16.6 Å². The Morgan fingerprint density at radius 1 is 1.12 bits per heavy atom. The van der Waals surface area contributed by atoms with Gasteiger partial charge in [-0.15, -0.1) is 0 Å². The highest BCUT2D eigenvalue weighted by molar-refractivity contribution is 6.32. The second-order valence-corrected chi connectivity index (χ2v) is 5.50. The van der Waals surface area contributed by atoms with Crippen LogP contribution in [0.25, 0.3) is 0 Å². The molecular weight excluding hydrogens is 346 g/mol. The molecule has 1 aromatic heterocycles. The van der Waals surface area contributed by atoms with Crippen molar-refractivity contribution in [2.75, 3.05) is 10.6 Å². The molecule has 2 aromatic rings. The molecule has 0 bridgehead atoms. The Kier molecular flexibility index (Phi) is 6.08. The first-order chi connectivity index (χ1) is 11.9. The van der Waals surface area contributed by atoms with Crippen molar-refractivity contribution in [1.29, 1.82) is 0 Å². The van der Waals surface area contributed by atoms with Crippen LogP contribution in [0.15, 0.2) is 42.6 Å². The van der Waals surface area contributed by atoms with Gasteiger partial charge in [0.1, 0.15) is 0 Å². The summed E-state index contributed by atoms with van der Waals surface area (Å²) in [5.74, 6) is -1.40. The van der Waals surface area contributed by atoms with Gasteiger partial charge in [-0.25, -0.2) is 9.78 Å². The maximum Gasteiger partial charge on any atom is 0.338 e. The molecule has 1 atom stereocenters. The van der Waals surface area contributed by atoms with Gasteiger partial charge in [0.2, 0.25) is 5.91 Å². The zero-order valence-corrected chi connectivity index (χ0v) is 14.3. The Balaban J connectivity index is 1.96. The second-order valence-electron chi connectivity index (χ2n) is 5.14. The van der Waals surface area contributed by atoms with Gasteiger partial charge in [0.15, 0.2) is 11.3 Å². The smallest absolute Gasteiger partial charge is 0.338 e. The standard InChI is InChI=1S/C17H16ClN3O4/c1-10(16(23)21-14-4-3-9-19-15(14)18)25-17(24)12-5-7-13(8-6-12)20-11(2)22/h3-10H,1-2H3,(H,20,22)(H,21,23). The van der Waals surface area contributed by atoms with Gasteiger partial charge in [0.25, 0.3) is 5.91 Å². The van der Waals surface area contributed by atoms with E-state index in [0.717, 1.165) is 0 Å². The summed E-state index contributed by atoms with van der Waals surface area (Å²) in [4.78, 5) is 39.0. The molecule has 0 fully saturated rings. The van der Waals surface area contributed by atoms with Crippen molar-refractivity contribution in [1.82, 2.24) is 4.98 Å². The summed E-state index contributed by atoms with van der Waals surface area (Å²) in [6.07, 6.45) is 0.463. The first kappa shape index (κ1) is 18.4. The van der Waals surface area contributed by atoms with Gasteiger partial charge in [-0.2, -0.15) is 0 Å². The van der Waals surface area contributed by atoms with Crippen LogP contribution >= 0.6 is 11.6 Å². The summed E-state index contributed by atoms with van der Waals surface area (Å²) in [6.45, 7) is 2.83. The molecule has 0 aliphatic carbocycles. The third-order valence-corrected chi connectivity index (χ3v) is 3.41. The van der Waals surface area contributed by atoms with Crippen molar-refractivity contribution >= 4 is 40.8 Å². The highest BCUT2D eigenvalue weighted by Crippen LogP contribution is 2.18. The molecule has 0 saturated carbocycles. The number of ether oxygens (including phenoxy) is 1. The number of hydrogen-bond acceptors (Lipinski definition) is 5. The summed E-state index contributed by atoms with van der Waals surface area (Å²) < 4.78 is 5.13. The number of aromatic nitrogens is 1. The molecule has 7 nitrogen and oxygen atoms in total. The normalized spacial score (nSPS) is 11.3. The number of pyridine rings is 1. The van der Waals surface area contributed by atoms with E-state index in [9.17, 15) is 14.4 Å². The van der Waals surface area contributed by atoms with Crippen molar-refractivity contribution in [2.24, 2.45) is 0 Å². The third kappa shape index (κ3) is 5.29. The van der Waals surface area contributed by atoms with Gasteiger partial charge in [0, 0.05) is 18.8 Å². The Bertz CT molecular complexity index is 793. The summed E-state index contributed by atoms with van der Waals surface area (Å²) >= 11 is 5.86. The lowest BCUT2D eigenvalue weighted by Gasteiger charge is -2.14. The van der Waals surface area contributed by atoms with Gasteiger partial charge in [-0.05, 0) is 43.3 Å². The fourth-order valence-corrected chi connectivity index (χ4v) is 2.06.